The lowest BCUT2D eigenvalue weighted by Crippen LogP contribution is -2.49. The molecule has 1 aromatic rings. The molecule has 0 aliphatic carbocycles. The standard InChI is InChI=1S/C15H19ClN2O/c1-11(2)15(19)18-6-4-17(5-7-18)14-9-12(3)8-13(16)10-14/h8-10H,1,4-7H2,2-3H3. The number of benzene rings is 1. The van der Waals surface area contributed by atoms with Gasteiger partial charge in [0.2, 0.25) is 5.91 Å². The molecule has 102 valence electrons. The Morgan fingerprint density at radius 2 is 1.84 bits per heavy atom. The molecule has 1 aliphatic heterocycles. The van der Waals surface area contributed by atoms with Crippen LogP contribution in [0.4, 0.5) is 5.69 Å². The van der Waals surface area contributed by atoms with E-state index in [1.165, 1.54) is 0 Å². The Balaban J connectivity index is 2.03. The Labute approximate surface area is 119 Å². The van der Waals surface area contributed by atoms with Gasteiger partial charge in [0, 0.05) is 42.5 Å². The normalized spacial score (nSPS) is 15.5. The minimum atomic E-state index is 0.0573. The molecule has 3 nitrogen and oxygen atoms in total. The van der Waals surface area contributed by atoms with Crippen molar-refractivity contribution in [1.82, 2.24) is 4.90 Å². The molecule has 4 heteroatoms. The maximum atomic E-state index is 11.8. The van der Waals surface area contributed by atoms with Crippen LogP contribution in [-0.2, 0) is 4.79 Å². The number of hydrogen-bond donors (Lipinski definition) is 0. The highest BCUT2D eigenvalue weighted by Crippen LogP contribution is 2.23. The Bertz CT molecular complexity index is 485. The van der Waals surface area contributed by atoms with E-state index in [9.17, 15) is 4.79 Å². The van der Waals surface area contributed by atoms with Gasteiger partial charge in [0.05, 0.1) is 0 Å². The van der Waals surface area contributed by atoms with E-state index in [0.29, 0.717) is 5.57 Å². The Morgan fingerprint density at radius 3 is 2.37 bits per heavy atom. The topological polar surface area (TPSA) is 23.6 Å². The number of carbonyl (C=O) groups excluding carboxylic acids is 1. The van der Waals surface area contributed by atoms with E-state index in [4.69, 9.17) is 11.6 Å². The van der Waals surface area contributed by atoms with Crippen LogP contribution in [0.15, 0.2) is 30.4 Å². The maximum absolute atomic E-state index is 11.8. The van der Waals surface area contributed by atoms with Gasteiger partial charge in [-0.3, -0.25) is 4.79 Å². The fraction of sp³-hybridized carbons (Fsp3) is 0.400. The monoisotopic (exact) mass is 278 g/mol. The molecular formula is C15H19ClN2O. The minimum absolute atomic E-state index is 0.0573. The van der Waals surface area contributed by atoms with Gasteiger partial charge in [-0.05, 0) is 37.6 Å². The van der Waals surface area contributed by atoms with E-state index >= 15 is 0 Å². The lowest BCUT2D eigenvalue weighted by Gasteiger charge is -2.36. The summed E-state index contributed by atoms with van der Waals surface area (Å²) in [7, 11) is 0. The molecule has 1 amide bonds. The second-order valence-corrected chi connectivity index (χ2v) is 5.48. The molecule has 0 N–H and O–H groups in total. The number of carbonyl (C=O) groups is 1. The van der Waals surface area contributed by atoms with Gasteiger partial charge >= 0.3 is 0 Å². The fourth-order valence-electron chi connectivity index (χ4n) is 2.34. The van der Waals surface area contributed by atoms with Crippen LogP contribution in [0.3, 0.4) is 0 Å². The third-order valence-corrected chi connectivity index (χ3v) is 3.54. The van der Waals surface area contributed by atoms with Crippen molar-refractivity contribution < 1.29 is 4.79 Å². The Hall–Kier alpha value is -1.48. The van der Waals surface area contributed by atoms with E-state index in [1.807, 2.05) is 24.0 Å². The highest BCUT2D eigenvalue weighted by Gasteiger charge is 2.21. The number of anilines is 1. The number of amides is 1. The molecule has 1 aliphatic rings. The summed E-state index contributed by atoms with van der Waals surface area (Å²) < 4.78 is 0. The zero-order valence-corrected chi connectivity index (χ0v) is 12.2. The molecule has 2 rings (SSSR count). The third kappa shape index (κ3) is 3.29. The van der Waals surface area contributed by atoms with Crippen molar-refractivity contribution in [2.75, 3.05) is 31.1 Å². The number of aryl methyl sites for hydroxylation is 1. The zero-order valence-electron chi connectivity index (χ0n) is 11.4. The number of rotatable bonds is 2. The molecule has 1 fully saturated rings. The van der Waals surface area contributed by atoms with Gasteiger partial charge in [0.25, 0.3) is 0 Å². The van der Waals surface area contributed by atoms with Crippen molar-refractivity contribution in [2.45, 2.75) is 13.8 Å². The van der Waals surface area contributed by atoms with Gasteiger partial charge in [0.1, 0.15) is 0 Å². The molecular weight excluding hydrogens is 260 g/mol. The van der Waals surface area contributed by atoms with E-state index < -0.39 is 0 Å². The van der Waals surface area contributed by atoms with E-state index in [0.717, 1.165) is 42.5 Å². The molecule has 1 saturated heterocycles. The van der Waals surface area contributed by atoms with Gasteiger partial charge in [-0.2, -0.15) is 0 Å². The van der Waals surface area contributed by atoms with Gasteiger partial charge in [-0.1, -0.05) is 18.2 Å². The van der Waals surface area contributed by atoms with Crippen LogP contribution < -0.4 is 4.90 Å². The summed E-state index contributed by atoms with van der Waals surface area (Å²) >= 11 is 6.09. The molecule has 0 radical (unpaired) electrons. The first kappa shape index (κ1) is 13.9. The predicted molar refractivity (Wildman–Crippen MR) is 79.8 cm³/mol. The number of halogens is 1. The lowest BCUT2D eigenvalue weighted by molar-refractivity contribution is -0.127. The average Bonchev–Trinajstić information content (AvgIpc) is 2.37. The SMILES string of the molecule is C=C(C)C(=O)N1CCN(c2cc(C)cc(Cl)c2)CC1. The van der Waals surface area contributed by atoms with Crippen molar-refractivity contribution >= 4 is 23.2 Å². The first-order valence-electron chi connectivity index (χ1n) is 6.44. The van der Waals surface area contributed by atoms with Crippen molar-refractivity contribution in [3.8, 4) is 0 Å². The summed E-state index contributed by atoms with van der Waals surface area (Å²) in [4.78, 5) is 16.0. The molecule has 0 bridgehead atoms. The summed E-state index contributed by atoms with van der Waals surface area (Å²) in [5, 5.41) is 0.760. The van der Waals surface area contributed by atoms with Crippen LogP contribution in [0.1, 0.15) is 12.5 Å². The van der Waals surface area contributed by atoms with Crippen LogP contribution in [-0.4, -0.2) is 37.0 Å². The highest BCUT2D eigenvalue weighted by molar-refractivity contribution is 6.30. The smallest absolute Gasteiger partial charge is 0.249 e. The molecule has 1 heterocycles. The first-order chi connectivity index (χ1) is 8.97. The summed E-state index contributed by atoms with van der Waals surface area (Å²) in [6.07, 6.45) is 0. The van der Waals surface area contributed by atoms with Crippen molar-refractivity contribution in [3.63, 3.8) is 0 Å². The lowest BCUT2D eigenvalue weighted by atomic mass is 10.2. The fourth-order valence-corrected chi connectivity index (χ4v) is 2.62. The predicted octanol–water partition coefficient (Wildman–Crippen LogP) is 2.87. The van der Waals surface area contributed by atoms with Gasteiger partial charge in [-0.25, -0.2) is 0 Å². The zero-order chi connectivity index (χ0) is 14.0. The van der Waals surface area contributed by atoms with Crippen molar-refractivity contribution in [3.05, 3.63) is 40.9 Å². The Morgan fingerprint density at radius 1 is 1.21 bits per heavy atom. The molecule has 19 heavy (non-hydrogen) atoms. The maximum Gasteiger partial charge on any atom is 0.249 e. The van der Waals surface area contributed by atoms with Crippen LogP contribution in [0.25, 0.3) is 0 Å². The first-order valence-corrected chi connectivity index (χ1v) is 6.82. The highest BCUT2D eigenvalue weighted by atomic mass is 35.5. The van der Waals surface area contributed by atoms with E-state index in [2.05, 4.69) is 17.5 Å². The third-order valence-electron chi connectivity index (χ3n) is 3.32. The molecule has 0 saturated carbocycles. The molecule has 1 aromatic carbocycles. The van der Waals surface area contributed by atoms with Gasteiger partial charge in [0.15, 0.2) is 0 Å². The molecule has 0 atom stereocenters. The molecule has 0 aromatic heterocycles. The Kier molecular flexibility index (Phi) is 4.15. The van der Waals surface area contributed by atoms with Crippen LogP contribution in [0.5, 0.6) is 0 Å². The average molecular weight is 279 g/mol. The summed E-state index contributed by atoms with van der Waals surface area (Å²) in [6.45, 7) is 10.6. The van der Waals surface area contributed by atoms with Crippen LogP contribution >= 0.6 is 11.6 Å². The largest absolute Gasteiger partial charge is 0.368 e. The van der Waals surface area contributed by atoms with E-state index in [-0.39, 0.29) is 5.91 Å². The van der Waals surface area contributed by atoms with Crippen molar-refractivity contribution in [2.24, 2.45) is 0 Å². The quantitative estimate of drug-likeness (QED) is 0.777. The van der Waals surface area contributed by atoms with Crippen LogP contribution in [0, 0.1) is 6.92 Å². The van der Waals surface area contributed by atoms with Crippen LogP contribution in [0.2, 0.25) is 5.02 Å². The summed E-state index contributed by atoms with van der Waals surface area (Å²) in [5.74, 6) is 0.0573. The number of hydrogen-bond acceptors (Lipinski definition) is 2. The molecule has 0 unspecified atom stereocenters. The van der Waals surface area contributed by atoms with Crippen molar-refractivity contribution in [1.29, 1.82) is 0 Å². The number of piperazine rings is 1. The minimum Gasteiger partial charge on any atom is -0.368 e. The summed E-state index contributed by atoms with van der Waals surface area (Å²) in [6, 6.07) is 6.05. The summed E-state index contributed by atoms with van der Waals surface area (Å²) in [5.41, 5.74) is 2.89. The second-order valence-electron chi connectivity index (χ2n) is 5.05. The number of nitrogens with zero attached hydrogens (tertiary/aromatic N) is 2. The molecule has 0 spiro atoms. The van der Waals surface area contributed by atoms with E-state index in [1.54, 1.807) is 6.92 Å². The van der Waals surface area contributed by atoms with Gasteiger partial charge in [-0.15, -0.1) is 0 Å². The second kappa shape index (κ2) is 5.66. The van der Waals surface area contributed by atoms with Gasteiger partial charge < -0.3 is 9.80 Å².